The highest BCUT2D eigenvalue weighted by atomic mass is 32.1. The lowest BCUT2D eigenvalue weighted by Crippen LogP contribution is -2.55. The van der Waals surface area contributed by atoms with Crippen molar-refractivity contribution in [1.82, 2.24) is 14.7 Å². The van der Waals surface area contributed by atoms with Crippen LogP contribution >= 0.6 is 11.3 Å². The Morgan fingerprint density at radius 2 is 1.81 bits per heavy atom. The second-order valence-electron chi connectivity index (χ2n) is 7.87. The van der Waals surface area contributed by atoms with Gasteiger partial charge in [-0.1, -0.05) is 18.2 Å². The first-order chi connectivity index (χ1) is 15.1. The van der Waals surface area contributed by atoms with Crippen molar-refractivity contribution in [1.29, 1.82) is 0 Å². The number of hydrogen-bond acceptors (Lipinski definition) is 5. The second-order valence-corrected chi connectivity index (χ2v) is 8.82. The first-order valence-corrected chi connectivity index (χ1v) is 11.5. The lowest BCUT2D eigenvalue weighted by molar-refractivity contribution is -0.141. The molecule has 0 bridgehead atoms. The minimum Gasteiger partial charge on any atom is -0.497 e. The van der Waals surface area contributed by atoms with Gasteiger partial charge in [0.1, 0.15) is 11.8 Å². The number of piperazine rings is 1. The fraction of sp³-hybridized carbons (Fsp3) is 0.435. The maximum Gasteiger partial charge on any atom is 0.264 e. The third kappa shape index (κ3) is 4.74. The highest BCUT2D eigenvalue weighted by Crippen LogP contribution is 2.24. The number of hydrogen-bond donors (Lipinski definition) is 0. The largest absolute Gasteiger partial charge is 0.497 e. The highest BCUT2D eigenvalue weighted by molar-refractivity contribution is 7.12. The quantitative estimate of drug-likeness (QED) is 0.714. The maximum absolute atomic E-state index is 13.1. The SMILES string of the molecule is COc1cccc(CC(=O)N2CCN(C(=O)[C@@H]3CCCN3C(=O)c3cccs3)CC2)c1. The van der Waals surface area contributed by atoms with Crippen molar-refractivity contribution in [2.45, 2.75) is 25.3 Å². The van der Waals surface area contributed by atoms with E-state index in [-0.39, 0.29) is 17.7 Å². The van der Waals surface area contributed by atoms with Gasteiger partial charge in [0.05, 0.1) is 18.4 Å². The molecule has 0 aliphatic carbocycles. The van der Waals surface area contributed by atoms with Crippen LogP contribution in [0.2, 0.25) is 0 Å². The van der Waals surface area contributed by atoms with Crippen LogP contribution in [0, 0.1) is 0 Å². The molecule has 1 atom stereocenters. The summed E-state index contributed by atoms with van der Waals surface area (Å²) in [5.41, 5.74) is 0.913. The third-order valence-corrected chi connectivity index (χ3v) is 6.82. The number of benzene rings is 1. The number of carbonyl (C=O) groups is 3. The standard InChI is InChI=1S/C23H27N3O4S/c1-30-18-6-2-5-17(15-18)16-21(27)24-10-12-25(13-11-24)22(28)19-7-3-9-26(19)23(29)20-8-4-14-31-20/h2,4-6,8,14-15,19H,3,7,9-13,16H2,1H3/t19-/m0/s1. The van der Waals surface area contributed by atoms with Gasteiger partial charge in [-0.25, -0.2) is 0 Å². The zero-order chi connectivity index (χ0) is 21.8. The van der Waals surface area contributed by atoms with Crippen molar-refractivity contribution in [3.63, 3.8) is 0 Å². The number of thiophene rings is 1. The normalized spacial score (nSPS) is 18.9. The summed E-state index contributed by atoms with van der Waals surface area (Å²) in [4.78, 5) is 44.6. The van der Waals surface area contributed by atoms with Crippen LogP contribution in [0.25, 0.3) is 0 Å². The van der Waals surface area contributed by atoms with E-state index in [1.54, 1.807) is 23.0 Å². The van der Waals surface area contributed by atoms with Crippen LogP contribution in [0.4, 0.5) is 0 Å². The summed E-state index contributed by atoms with van der Waals surface area (Å²) in [7, 11) is 1.61. The average molecular weight is 442 g/mol. The van der Waals surface area contributed by atoms with Gasteiger partial charge in [-0.15, -0.1) is 11.3 Å². The highest BCUT2D eigenvalue weighted by Gasteiger charge is 2.38. The number of likely N-dealkylation sites (tertiary alicyclic amines) is 1. The molecular formula is C23H27N3O4S. The smallest absolute Gasteiger partial charge is 0.264 e. The van der Waals surface area contributed by atoms with E-state index >= 15 is 0 Å². The van der Waals surface area contributed by atoms with Crippen LogP contribution in [-0.2, 0) is 16.0 Å². The number of carbonyl (C=O) groups excluding carboxylic acids is 3. The van der Waals surface area contributed by atoms with Gasteiger partial charge in [-0.2, -0.15) is 0 Å². The molecule has 2 aromatic rings. The lowest BCUT2D eigenvalue weighted by atomic mass is 10.1. The molecule has 3 heterocycles. The number of rotatable bonds is 5. The van der Waals surface area contributed by atoms with Crippen molar-refractivity contribution < 1.29 is 19.1 Å². The second kappa shape index (κ2) is 9.51. The molecule has 8 heteroatoms. The van der Waals surface area contributed by atoms with Gasteiger partial charge >= 0.3 is 0 Å². The first kappa shape index (κ1) is 21.4. The van der Waals surface area contributed by atoms with Gasteiger partial charge in [0.15, 0.2) is 0 Å². The maximum atomic E-state index is 13.1. The van der Waals surface area contributed by atoms with Gasteiger partial charge in [0.25, 0.3) is 5.91 Å². The molecule has 0 unspecified atom stereocenters. The summed E-state index contributed by atoms with van der Waals surface area (Å²) in [6.45, 7) is 2.65. The van der Waals surface area contributed by atoms with Crippen LogP contribution in [0.3, 0.4) is 0 Å². The number of methoxy groups -OCH3 is 1. The summed E-state index contributed by atoms with van der Waals surface area (Å²) in [5.74, 6) is 0.731. The molecule has 2 aliphatic rings. The van der Waals surface area contributed by atoms with E-state index < -0.39 is 6.04 Å². The Bertz CT molecular complexity index is 938. The first-order valence-electron chi connectivity index (χ1n) is 10.6. The molecule has 1 aromatic carbocycles. The number of ether oxygens (including phenoxy) is 1. The van der Waals surface area contributed by atoms with Crippen molar-refractivity contribution in [3.8, 4) is 5.75 Å². The molecule has 2 saturated heterocycles. The minimum absolute atomic E-state index is 0.00213. The average Bonchev–Trinajstić information content (AvgIpc) is 3.51. The summed E-state index contributed by atoms with van der Waals surface area (Å²) in [5, 5.41) is 1.88. The zero-order valence-corrected chi connectivity index (χ0v) is 18.5. The van der Waals surface area contributed by atoms with Gasteiger partial charge in [-0.3, -0.25) is 14.4 Å². The van der Waals surface area contributed by atoms with E-state index in [0.29, 0.717) is 50.4 Å². The molecule has 4 rings (SSSR count). The lowest BCUT2D eigenvalue weighted by Gasteiger charge is -2.37. The summed E-state index contributed by atoms with van der Waals surface area (Å²) in [6.07, 6.45) is 1.86. The van der Waals surface area contributed by atoms with Crippen LogP contribution in [0.15, 0.2) is 41.8 Å². The predicted octanol–water partition coefficient (Wildman–Crippen LogP) is 2.27. The summed E-state index contributed by atoms with van der Waals surface area (Å²) >= 11 is 1.41. The zero-order valence-electron chi connectivity index (χ0n) is 17.7. The van der Waals surface area contributed by atoms with Crippen molar-refractivity contribution in [2.75, 3.05) is 39.8 Å². The Kier molecular flexibility index (Phi) is 6.56. The molecule has 2 fully saturated rings. The summed E-state index contributed by atoms with van der Waals surface area (Å²) in [6, 6.07) is 10.8. The number of nitrogens with zero attached hydrogens (tertiary/aromatic N) is 3. The van der Waals surface area contributed by atoms with Crippen LogP contribution in [0.1, 0.15) is 28.1 Å². The Hall–Kier alpha value is -2.87. The molecule has 3 amide bonds. The molecule has 2 aliphatic heterocycles. The molecule has 1 aromatic heterocycles. The fourth-order valence-electron chi connectivity index (χ4n) is 4.26. The predicted molar refractivity (Wildman–Crippen MR) is 118 cm³/mol. The van der Waals surface area contributed by atoms with Crippen molar-refractivity contribution in [2.24, 2.45) is 0 Å². The molecule has 31 heavy (non-hydrogen) atoms. The van der Waals surface area contributed by atoms with E-state index in [0.717, 1.165) is 17.7 Å². The fourth-order valence-corrected chi connectivity index (χ4v) is 4.94. The number of amides is 3. The van der Waals surface area contributed by atoms with Crippen LogP contribution < -0.4 is 4.74 Å². The van der Waals surface area contributed by atoms with E-state index in [9.17, 15) is 14.4 Å². The topological polar surface area (TPSA) is 70.2 Å². The van der Waals surface area contributed by atoms with Crippen LogP contribution in [0.5, 0.6) is 5.75 Å². The minimum atomic E-state index is -0.395. The van der Waals surface area contributed by atoms with Crippen molar-refractivity contribution in [3.05, 3.63) is 52.2 Å². The Morgan fingerprint density at radius 3 is 2.52 bits per heavy atom. The molecule has 0 saturated carbocycles. The van der Waals surface area contributed by atoms with Gasteiger partial charge in [-0.05, 0) is 42.0 Å². The Labute approximate surface area is 186 Å². The molecule has 7 nitrogen and oxygen atoms in total. The van der Waals surface area contributed by atoms with E-state index in [1.807, 2.05) is 40.6 Å². The monoisotopic (exact) mass is 441 g/mol. The van der Waals surface area contributed by atoms with E-state index in [1.165, 1.54) is 11.3 Å². The van der Waals surface area contributed by atoms with Gasteiger partial charge in [0.2, 0.25) is 11.8 Å². The van der Waals surface area contributed by atoms with Gasteiger partial charge < -0.3 is 19.4 Å². The molecular weight excluding hydrogens is 414 g/mol. The third-order valence-electron chi connectivity index (χ3n) is 5.96. The van der Waals surface area contributed by atoms with Crippen LogP contribution in [-0.4, -0.2) is 78.3 Å². The van der Waals surface area contributed by atoms with E-state index in [4.69, 9.17) is 4.74 Å². The van der Waals surface area contributed by atoms with Crippen molar-refractivity contribution >= 4 is 29.1 Å². The molecule has 0 spiro atoms. The van der Waals surface area contributed by atoms with Gasteiger partial charge in [0, 0.05) is 32.7 Å². The van der Waals surface area contributed by atoms with E-state index in [2.05, 4.69) is 0 Å². The molecule has 0 N–H and O–H groups in total. The Morgan fingerprint density at radius 1 is 1.03 bits per heavy atom. The molecule has 164 valence electrons. The molecule has 0 radical (unpaired) electrons. The summed E-state index contributed by atoms with van der Waals surface area (Å²) < 4.78 is 5.22. The Balaban J connectivity index is 1.32.